The predicted molar refractivity (Wildman–Crippen MR) is 91.2 cm³/mol. The molecule has 4 atom stereocenters. The molecule has 2 aliphatic rings. The number of rotatable bonds is 4. The summed E-state index contributed by atoms with van der Waals surface area (Å²) in [5.74, 6) is 0.909. The number of fused-ring (bicyclic) bond motifs is 1. The van der Waals surface area contributed by atoms with Crippen molar-refractivity contribution in [1.29, 1.82) is 0 Å². The number of aliphatic hydroxyl groups is 1. The van der Waals surface area contributed by atoms with E-state index in [1.165, 1.54) is 0 Å². The van der Waals surface area contributed by atoms with E-state index in [9.17, 15) is 5.11 Å². The van der Waals surface area contributed by atoms with E-state index in [2.05, 4.69) is 36.6 Å². The monoisotopic (exact) mass is 320 g/mol. The summed E-state index contributed by atoms with van der Waals surface area (Å²) in [7, 11) is 0. The van der Waals surface area contributed by atoms with Crippen LogP contribution in [0.3, 0.4) is 0 Å². The first-order chi connectivity index (χ1) is 11.0. The Morgan fingerprint density at radius 3 is 2.57 bits per heavy atom. The van der Waals surface area contributed by atoms with E-state index in [4.69, 9.17) is 9.47 Å². The normalized spacial score (nSPS) is 29.7. The Morgan fingerprint density at radius 2 is 1.83 bits per heavy atom. The first-order valence-electron chi connectivity index (χ1n) is 8.57. The van der Waals surface area contributed by atoms with Crippen LogP contribution in [-0.2, 0) is 4.74 Å². The van der Waals surface area contributed by atoms with Crippen molar-refractivity contribution in [2.75, 3.05) is 37.7 Å². The van der Waals surface area contributed by atoms with Gasteiger partial charge in [0.1, 0.15) is 12.4 Å². The van der Waals surface area contributed by atoms with E-state index in [0.717, 1.165) is 24.5 Å². The highest BCUT2D eigenvalue weighted by Crippen LogP contribution is 2.33. The smallest absolute Gasteiger partial charge is 0.142 e. The quantitative estimate of drug-likeness (QED) is 0.916. The molecule has 1 aromatic rings. The van der Waals surface area contributed by atoms with Crippen LogP contribution in [0.25, 0.3) is 0 Å². The van der Waals surface area contributed by atoms with Gasteiger partial charge < -0.3 is 19.5 Å². The minimum atomic E-state index is -0.388. The second kappa shape index (κ2) is 7.07. The number of hydrogen-bond acceptors (Lipinski definition) is 5. The minimum Gasteiger partial charge on any atom is -0.489 e. The Morgan fingerprint density at radius 1 is 1.13 bits per heavy atom. The number of hydrogen-bond donors (Lipinski definition) is 1. The molecule has 23 heavy (non-hydrogen) atoms. The van der Waals surface area contributed by atoms with Crippen LogP contribution in [0, 0.1) is 0 Å². The van der Waals surface area contributed by atoms with E-state index in [0.29, 0.717) is 19.7 Å². The van der Waals surface area contributed by atoms with Crippen molar-refractivity contribution >= 4 is 5.69 Å². The number of β-amino-alcohol motifs (C(OH)–C–C–N with tert-alkyl or cyclic N) is 1. The summed E-state index contributed by atoms with van der Waals surface area (Å²) in [5, 5.41) is 10.6. The van der Waals surface area contributed by atoms with Crippen molar-refractivity contribution in [3.63, 3.8) is 0 Å². The van der Waals surface area contributed by atoms with Gasteiger partial charge in [-0.3, -0.25) is 4.90 Å². The highest BCUT2D eigenvalue weighted by molar-refractivity contribution is 5.60. The molecular formula is C18H28N2O3. The molecule has 1 aromatic carbocycles. The molecule has 5 nitrogen and oxygen atoms in total. The van der Waals surface area contributed by atoms with Gasteiger partial charge in [-0.25, -0.2) is 0 Å². The Bertz CT molecular complexity index is 515. The highest BCUT2D eigenvalue weighted by Gasteiger charge is 2.28. The van der Waals surface area contributed by atoms with Crippen LogP contribution in [0.1, 0.15) is 20.8 Å². The van der Waals surface area contributed by atoms with Crippen molar-refractivity contribution < 1.29 is 14.6 Å². The summed E-state index contributed by atoms with van der Waals surface area (Å²) in [4.78, 5) is 4.57. The second-order valence-corrected chi connectivity index (χ2v) is 6.91. The third kappa shape index (κ3) is 3.97. The first-order valence-corrected chi connectivity index (χ1v) is 8.57. The van der Waals surface area contributed by atoms with Crippen LogP contribution < -0.4 is 9.64 Å². The summed E-state index contributed by atoms with van der Waals surface area (Å²) in [6.07, 6.45) is 0.0732. The van der Waals surface area contributed by atoms with E-state index < -0.39 is 0 Å². The van der Waals surface area contributed by atoms with Gasteiger partial charge in [-0.15, -0.1) is 0 Å². The molecule has 0 aliphatic carbocycles. The van der Waals surface area contributed by atoms with Crippen LogP contribution >= 0.6 is 0 Å². The Balaban J connectivity index is 1.62. The van der Waals surface area contributed by atoms with E-state index in [-0.39, 0.29) is 24.4 Å². The topological polar surface area (TPSA) is 45.2 Å². The van der Waals surface area contributed by atoms with Crippen LogP contribution in [0.4, 0.5) is 5.69 Å². The van der Waals surface area contributed by atoms with Crippen LogP contribution in [-0.4, -0.2) is 67.1 Å². The lowest BCUT2D eigenvalue weighted by Crippen LogP contribution is -2.51. The molecule has 5 heteroatoms. The summed E-state index contributed by atoms with van der Waals surface area (Å²) >= 11 is 0. The van der Waals surface area contributed by atoms with Crippen LogP contribution in [0.15, 0.2) is 24.3 Å². The van der Waals surface area contributed by atoms with E-state index in [1.54, 1.807) is 0 Å². The fraction of sp³-hybridized carbons (Fsp3) is 0.667. The molecule has 0 amide bonds. The van der Waals surface area contributed by atoms with Gasteiger partial charge in [0.2, 0.25) is 0 Å². The number of aliphatic hydroxyl groups excluding tert-OH is 1. The van der Waals surface area contributed by atoms with E-state index in [1.807, 2.05) is 18.2 Å². The molecular weight excluding hydrogens is 292 g/mol. The van der Waals surface area contributed by atoms with Gasteiger partial charge in [-0.05, 0) is 32.9 Å². The molecule has 0 bridgehead atoms. The van der Waals surface area contributed by atoms with Gasteiger partial charge in [0.05, 0.1) is 30.0 Å². The van der Waals surface area contributed by atoms with Crippen molar-refractivity contribution in [3.05, 3.63) is 24.3 Å². The second-order valence-electron chi connectivity index (χ2n) is 6.91. The van der Waals surface area contributed by atoms with Gasteiger partial charge in [-0.1, -0.05) is 12.1 Å². The van der Waals surface area contributed by atoms with Gasteiger partial charge in [0.15, 0.2) is 0 Å². The molecule has 3 rings (SSSR count). The molecule has 4 unspecified atom stereocenters. The standard InChI is InChI=1S/C18H28N2O3/c1-13-12-22-18-7-5-4-6-17(18)20(13)11-16(21)10-19-8-14(2)23-15(3)9-19/h4-7,13-16,21H,8-12H2,1-3H3. The third-order valence-corrected chi connectivity index (χ3v) is 4.56. The molecule has 1 fully saturated rings. The maximum Gasteiger partial charge on any atom is 0.142 e. The maximum atomic E-state index is 10.6. The Hall–Kier alpha value is -1.30. The maximum absolute atomic E-state index is 10.6. The lowest BCUT2D eigenvalue weighted by atomic mass is 10.1. The average molecular weight is 320 g/mol. The molecule has 0 saturated carbocycles. The van der Waals surface area contributed by atoms with Crippen molar-refractivity contribution in [3.8, 4) is 5.75 Å². The number of benzene rings is 1. The lowest BCUT2D eigenvalue weighted by Gasteiger charge is -2.40. The molecule has 128 valence electrons. The largest absolute Gasteiger partial charge is 0.489 e. The summed E-state index contributed by atoms with van der Waals surface area (Å²) in [6, 6.07) is 8.33. The van der Waals surface area contributed by atoms with Gasteiger partial charge in [0, 0.05) is 26.2 Å². The molecule has 0 radical (unpaired) electrons. The fourth-order valence-electron chi connectivity index (χ4n) is 3.65. The zero-order chi connectivity index (χ0) is 16.4. The Kier molecular flexibility index (Phi) is 5.09. The van der Waals surface area contributed by atoms with Crippen LogP contribution in [0.2, 0.25) is 0 Å². The van der Waals surface area contributed by atoms with E-state index >= 15 is 0 Å². The Labute approximate surface area is 138 Å². The van der Waals surface area contributed by atoms with Crippen molar-refractivity contribution in [2.45, 2.75) is 45.1 Å². The zero-order valence-electron chi connectivity index (χ0n) is 14.3. The van der Waals surface area contributed by atoms with Crippen molar-refractivity contribution in [2.24, 2.45) is 0 Å². The molecule has 0 aromatic heterocycles. The van der Waals surface area contributed by atoms with Crippen LogP contribution in [0.5, 0.6) is 5.75 Å². The number of morpholine rings is 1. The summed E-state index contributed by atoms with van der Waals surface area (Å²) < 4.78 is 11.5. The summed E-state index contributed by atoms with van der Waals surface area (Å²) in [5.41, 5.74) is 1.08. The molecule has 2 heterocycles. The van der Waals surface area contributed by atoms with Crippen molar-refractivity contribution in [1.82, 2.24) is 4.90 Å². The van der Waals surface area contributed by atoms with Gasteiger partial charge in [0.25, 0.3) is 0 Å². The highest BCUT2D eigenvalue weighted by atomic mass is 16.5. The first kappa shape index (κ1) is 16.6. The number of ether oxygens (including phenoxy) is 2. The number of para-hydroxylation sites is 2. The molecule has 1 saturated heterocycles. The average Bonchev–Trinajstić information content (AvgIpc) is 2.49. The minimum absolute atomic E-state index is 0.231. The van der Waals surface area contributed by atoms with Gasteiger partial charge >= 0.3 is 0 Å². The van der Waals surface area contributed by atoms with Gasteiger partial charge in [-0.2, -0.15) is 0 Å². The molecule has 1 N–H and O–H groups in total. The SMILES string of the molecule is CC1CN(CC(O)CN2c3ccccc3OCC2C)CC(C)O1. The lowest BCUT2D eigenvalue weighted by molar-refractivity contribution is -0.0759. The zero-order valence-corrected chi connectivity index (χ0v) is 14.3. The number of nitrogens with zero attached hydrogens (tertiary/aromatic N) is 2. The third-order valence-electron chi connectivity index (χ3n) is 4.56. The summed E-state index contributed by atoms with van der Waals surface area (Å²) in [6.45, 7) is 10.1. The molecule has 2 aliphatic heterocycles. The predicted octanol–water partition coefficient (Wildman–Crippen LogP) is 1.74. The number of anilines is 1. The fourth-order valence-corrected chi connectivity index (χ4v) is 3.65. The molecule has 0 spiro atoms.